The first-order chi connectivity index (χ1) is 14.5. The fraction of sp³-hybridized carbons (Fsp3) is 0.375. The van der Waals surface area contributed by atoms with E-state index in [1.54, 1.807) is 14.2 Å². The summed E-state index contributed by atoms with van der Waals surface area (Å²) >= 11 is 0. The molecular weight excluding hydrogens is 378 g/mol. The van der Waals surface area contributed by atoms with Crippen molar-refractivity contribution in [1.29, 1.82) is 0 Å². The Bertz CT molecular complexity index is 1040. The van der Waals surface area contributed by atoms with Crippen LogP contribution in [0.4, 0.5) is 5.69 Å². The highest BCUT2D eigenvalue weighted by molar-refractivity contribution is 6.10. The second kappa shape index (κ2) is 8.40. The van der Waals surface area contributed by atoms with E-state index in [-0.39, 0.29) is 5.78 Å². The first-order valence-corrected chi connectivity index (χ1v) is 10.3. The van der Waals surface area contributed by atoms with Gasteiger partial charge in [-0.1, -0.05) is 0 Å². The first kappa shape index (κ1) is 20.3. The highest BCUT2D eigenvalue weighted by atomic mass is 16.5. The highest BCUT2D eigenvalue weighted by Gasteiger charge is 2.27. The van der Waals surface area contributed by atoms with E-state index >= 15 is 0 Å². The molecule has 2 heterocycles. The van der Waals surface area contributed by atoms with Gasteiger partial charge < -0.3 is 19.4 Å². The summed E-state index contributed by atoms with van der Waals surface area (Å²) in [6.07, 6.45) is 0. The van der Waals surface area contributed by atoms with Gasteiger partial charge in [0.05, 0.1) is 20.8 Å². The van der Waals surface area contributed by atoms with E-state index in [0.29, 0.717) is 12.6 Å². The highest BCUT2D eigenvalue weighted by Crippen LogP contribution is 2.28. The van der Waals surface area contributed by atoms with Gasteiger partial charge in [-0.2, -0.15) is 0 Å². The summed E-state index contributed by atoms with van der Waals surface area (Å²) in [7, 11) is 3.32. The Hall–Kier alpha value is -2.99. The second-order valence-electron chi connectivity index (χ2n) is 7.94. The first-order valence-electron chi connectivity index (χ1n) is 10.3. The molecule has 158 valence electrons. The summed E-state index contributed by atoms with van der Waals surface area (Å²) in [5, 5.41) is 0.932. The number of fused-ring (bicyclic) bond motifs is 1. The van der Waals surface area contributed by atoms with Gasteiger partial charge in [0.2, 0.25) is 0 Å². The molecule has 0 saturated carbocycles. The summed E-state index contributed by atoms with van der Waals surface area (Å²) in [5.41, 5.74) is 3.84. The molecule has 1 fully saturated rings. The van der Waals surface area contributed by atoms with E-state index in [1.807, 2.05) is 37.3 Å². The Balaban J connectivity index is 1.46. The van der Waals surface area contributed by atoms with Crippen LogP contribution in [0.3, 0.4) is 0 Å². The van der Waals surface area contributed by atoms with Crippen molar-refractivity contribution in [2.75, 3.05) is 45.3 Å². The number of aromatic amines is 1. The zero-order chi connectivity index (χ0) is 21.3. The smallest absolute Gasteiger partial charge is 0.179 e. The van der Waals surface area contributed by atoms with Crippen LogP contribution >= 0.6 is 0 Å². The third-order valence-electron chi connectivity index (χ3n) is 5.95. The number of nitrogens with zero attached hydrogens (tertiary/aromatic N) is 2. The number of benzene rings is 2. The molecule has 30 heavy (non-hydrogen) atoms. The lowest BCUT2D eigenvalue weighted by molar-refractivity contribution is 0.0918. The second-order valence-corrected chi connectivity index (χ2v) is 7.94. The number of aromatic nitrogens is 1. The van der Waals surface area contributed by atoms with Crippen molar-refractivity contribution >= 4 is 22.4 Å². The zero-order valence-electron chi connectivity index (χ0n) is 18.1. The molecule has 1 saturated heterocycles. The minimum Gasteiger partial charge on any atom is -0.497 e. The van der Waals surface area contributed by atoms with Crippen LogP contribution < -0.4 is 14.4 Å². The SMILES string of the molecule is COc1ccc(N2CCN(CC(=O)c3c(C)[nH]c4ccc(OC)cc34)CC2C)cc1. The molecule has 2 aromatic carbocycles. The van der Waals surface area contributed by atoms with Crippen LogP contribution in [-0.4, -0.2) is 62.1 Å². The zero-order valence-corrected chi connectivity index (χ0v) is 18.1. The van der Waals surface area contributed by atoms with E-state index in [9.17, 15) is 4.79 Å². The number of rotatable bonds is 6. The van der Waals surface area contributed by atoms with E-state index in [1.165, 1.54) is 5.69 Å². The van der Waals surface area contributed by atoms with Crippen LogP contribution in [0.25, 0.3) is 10.9 Å². The maximum atomic E-state index is 13.2. The van der Waals surface area contributed by atoms with E-state index in [4.69, 9.17) is 9.47 Å². The number of carbonyl (C=O) groups excluding carboxylic acids is 1. The van der Waals surface area contributed by atoms with Crippen molar-refractivity contribution in [3.8, 4) is 11.5 Å². The van der Waals surface area contributed by atoms with Gasteiger partial charge >= 0.3 is 0 Å². The molecule has 6 heteroatoms. The molecular formula is C24H29N3O3. The van der Waals surface area contributed by atoms with Crippen LogP contribution in [-0.2, 0) is 0 Å². The van der Waals surface area contributed by atoms with Crippen LogP contribution in [0, 0.1) is 6.92 Å². The monoisotopic (exact) mass is 407 g/mol. The molecule has 0 spiro atoms. The van der Waals surface area contributed by atoms with Crippen LogP contribution in [0.1, 0.15) is 23.0 Å². The van der Waals surface area contributed by atoms with Crippen LogP contribution in [0.5, 0.6) is 11.5 Å². The Morgan fingerprint density at radius 3 is 2.43 bits per heavy atom. The number of hydrogen-bond acceptors (Lipinski definition) is 5. The van der Waals surface area contributed by atoms with Crippen molar-refractivity contribution in [1.82, 2.24) is 9.88 Å². The van der Waals surface area contributed by atoms with Crippen molar-refractivity contribution in [3.63, 3.8) is 0 Å². The molecule has 1 aromatic heterocycles. The number of anilines is 1. The third-order valence-corrected chi connectivity index (χ3v) is 5.95. The molecule has 6 nitrogen and oxygen atoms in total. The molecule has 3 aromatic rings. The molecule has 0 bridgehead atoms. The number of nitrogens with one attached hydrogen (secondary N) is 1. The van der Waals surface area contributed by atoms with Crippen molar-refractivity contribution < 1.29 is 14.3 Å². The topological polar surface area (TPSA) is 57.8 Å². The minimum atomic E-state index is 0.150. The number of carbonyl (C=O) groups is 1. The fourth-order valence-electron chi connectivity index (χ4n) is 4.41. The van der Waals surface area contributed by atoms with Crippen LogP contribution in [0.15, 0.2) is 42.5 Å². The lowest BCUT2D eigenvalue weighted by atomic mass is 10.0. The summed E-state index contributed by atoms with van der Waals surface area (Å²) in [4.78, 5) is 21.2. The van der Waals surface area contributed by atoms with Gasteiger partial charge in [0, 0.05) is 53.5 Å². The van der Waals surface area contributed by atoms with Gasteiger partial charge in [0.15, 0.2) is 5.78 Å². The fourth-order valence-corrected chi connectivity index (χ4v) is 4.41. The predicted octanol–water partition coefficient (Wildman–Crippen LogP) is 3.89. The molecule has 1 N–H and O–H groups in total. The Labute approximate surface area is 177 Å². The summed E-state index contributed by atoms with van der Waals surface area (Å²) in [6.45, 7) is 7.19. The molecule has 0 radical (unpaired) electrons. The third kappa shape index (κ3) is 3.87. The minimum absolute atomic E-state index is 0.150. The van der Waals surface area contributed by atoms with Crippen molar-refractivity contribution in [2.24, 2.45) is 0 Å². The van der Waals surface area contributed by atoms with Crippen molar-refractivity contribution in [3.05, 3.63) is 53.7 Å². The number of piperazine rings is 1. The average Bonchev–Trinajstić information content (AvgIpc) is 3.08. The molecule has 1 aliphatic heterocycles. The molecule has 0 aliphatic carbocycles. The van der Waals surface area contributed by atoms with Crippen molar-refractivity contribution in [2.45, 2.75) is 19.9 Å². The van der Waals surface area contributed by atoms with E-state index in [2.05, 4.69) is 33.8 Å². The summed E-state index contributed by atoms with van der Waals surface area (Å²) in [5.74, 6) is 1.77. The lowest BCUT2D eigenvalue weighted by Gasteiger charge is -2.41. The summed E-state index contributed by atoms with van der Waals surface area (Å²) < 4.78 is 10.6. The number of methoxy groups -OCH3 is 2. The maximum absolute atomic E-state index is 13.2. The molecule has 1 unspecified atom stereocenters. The van der Waals surface area contributed by atoms with Gasteiger partial charge in [0.25, 0.3) is 0 Å². The molecule has 0 amide bonds. The molecule has 1 aliphatic rings. The quantitative estimate of drug-likeness (QED) is 0.629. The number of H-pyrrole nitrogens is 1. The van der Waals surface area contributed by atoms with Gasteiger partial charge in [0.1, 0.15) is 11.5 Å². The Kier molecular flexibility index (Phi) is 5.68. The van der Waals surface area contributed by atoms with E-state index in [0.717, 1.165) is 53.3 Å². The number of ketones is 1. The van der Waals surface area contributed by atoms with E-state index < -0.39 is 0 Å². The Morgan fingerprint density at radius 2 is 1.77 bits per heavy atom. The largest absolute Gasteiger partial charge is 0.497 e. The van der Waals surface area contributed by atoms with Gasteiger partial charge in [-0.15, -0.1) is 0 Å². The van der Waals surface area contributed by atoms with Gasteiger partial charge in [-0.25, -0.2) is 0 Å². The normalized spacial score (nSPS) is 17.3. The standard InChI is InChI=1S/C24H29N3O3/c1-16-14-26(11-12-27(16)18-5-7-19(29-3)8-6-18)15-23(28)24-17(2)25-22-10-9-20(30-4)13-21(22)24/h5-10,13,16,25H,11-12,14-15H2,1-4H3. The number of Topliss-reactive ketones (excluding diaryl/α,β-unsaturated/α-hetero) is 1. The lowest BCUT2D eigenvalue weighted by Crippen LogP contribution is -2.53. The van der Waals surface area contributed by atoms with Gasteiger partial charge in [-0.05, 0) is 56.3 Å². The van der Waals surface area contributed by atoms with Crippen LogP contribution in [0.2, 0.25) is 0 Å². The maximum Gasteiger partial charge on any atom is 0.179 e. The molecule has 1 atom stereocenters. The number of hydrogen-bond donors (Lipinski definition) is 1. The predicted molar refractivity (Wildman–Crippen MR) is 120 cm³/mol. The number of aryl methyl sites for hydroxylation is 1. The number of ether oxygens (including phenoxy) is 2. The summed E-state index contributed by atoms with van der Waals surface area (Å²) in [6, 6.07) is 14.3. The molecule has 4 rings (SSSR count). The van der Waals surface area contributed by atoms with Gasteiger partial charge in [-0.3, -0.25) is 9.69 Å². The average molecular weight is 408 g/mol. The Morgan fingerprint density at radius 1 is 1.07 bits per heavy atom.